The molecule has 0 aliphatic carbocycles. The number of anilines is 1. The van der Waals surface area contributed by atoms with Gasteiger partial charge in [0.25, 0.3) is 5.91 Å². The number of carbonyl (C=O) groups excluding carboxylic acids is 1. The van der Waals surface area contributed by atoms with Gasteiger partial charge in [-0.05, 0) is 43.2 Å². The molecule has 2 aromatic rings. The minimum atomic E-state index is -0.0818. The van der Waals surface area contributed by atoms with E-state index in [1.54, 1.807) is 12.0 Å². The zero-order chi connectivity index (χ0) is 20.6. The first-order valence-corrected chi connectivity index (χ1v) is 10.4. The quantitative estimate of drug-likeness (QED) is 0.650. The number of aryl methyl sites for hydroxylation is 1. The Morgan fingerprint density at radius 1 is 1.14 bits per heavy atom. The van der Waals surface area contributed by atoms with E-state index in [-0.39, 0.29) is 11.9 Å². The summed E-state index contributed by atoms with van der Waals surface area (Å²) in [5.74, 6) is 0.752. The van der Waals surface area contributed by atoms with Gasteiger partial charge >= 0.3 is 0 Å². The SMILES string of the molecule is COc1ccc(C)cc1NC(=O)[C@@H](C)[NH+]1CC[NH+](C/C=C/c2ccccc2)CC1. The minimum absolute atomic E-state index is 0.0522. The zero-order valence-corrected chi connectivity index (χ0v) is 17.7. The molecule has 1 atom stereocenters. The molecule has 154 valence electrons. The average Bonchev–Trinajstić information content (AvgIpc) is 2.74. The Labute approximate surface area is 174 Å². The van der Waals surface area contributed by atoms with Gasteiger partial charge in [-0.2, -0.15) is 0 Å². The summed E-state index contributed by atoms with van der Waals surface area (Å²) in [6.07, 6.45) is 4.45. The zero-order valence-electron chi connectivity index (χ0n) is 17.7. The van der Waals surface area contributed by atoms with Crippen LogP contribution in [0.4, 0.5) is 5.69 Å². The molecule has 1 saturated heterocycles. The number of hydrogen-bond donors (Lipinski definition) is 3. The van der Waals surface area contributed by atoms with Crippen LogP contribution in [0.1, 0.15) is 18.1 Å². The van der Waals surface area contributed by atoms with Crippen LogP contribution in [0, 0.1) is 6.92 Å². The molecule has 1 aliphatic heterocycles. The highest BCUT2D eigenvalue weighted by atomic mass is 16.5. The lowest BCUT2D eigenvalue weighted by molar-refractivity contribution is -1.02. The highest BCUT2D eigenvalue weighted by Gasteiger charge is 2.31. The summed E-state index contributed by atoms with van der Waals surface area (Å²) in [4.78, 5) is 15.7. The second-order valence-electron chi connectivity index (χ2n) is 7.84. The first-order chi connectivity index (χ1) is 14.1. The van der Waals surface area contributed by atoms with Gasteiger partial charge in [0.15, 0.2) is 6.04 Å². The first kappa shape index (κ1) is 21.1. The van der Waals surface area contributed by atoms with Crippen LogP contribution in [-0.2, 0) is 4.79 Å². The molecule has 0 unspecified atom stereocenters. The number of benzene rings is 2. The molecule has 1 fully saturated rings. The normalized spacial score (nSPS) is 20.4. The third-order valence-electron chi connectivity index (χ3n) is 5.73. The molecular formula is C24H33N3O2+2. The van der Waals surface area contributed by atoms with E-state index in [0.717, 1.165) is 44.0 Å². The summed E-state index contributed by atoms with van der Waals surface area (Å²) in [6, 6.07) is 16.2. The number of quaternary nitrogens is 2. The van der Waals surface area contributed by atoms with Gasteiger partial charge in [-0.1, -0.05) is 42.5 Å². The average molecular weight is 396 g/mol. The fraction of sp³-hybridized carbons (Fsp3) is 0.375. The van der Waals surface area contributed by atoms with Crippen LogP contribution in [-0.4, -0.2) is 51.8 Å². The Kier molecular flexibility index (Phi) is 7.44. The van der Waals surface area contributed by atoms with Crippen molar-refractivity contribution in [3.05, 3.63) is 65.7 Å². The summed E-state index contributed by atoms with van der Waals surface area (Å²) in [5, 5.41) is 3.06. The van der Waals surface area contributed by atoms with Gasteiger partial charge < -0.3 is 19.9 Å². The molecule has 5 nitrogen and oxygen atoms in total. The molecule has 0 saturated carbocycles. The van der Waals surface area contributed by atoms with Crippen LogP contribution >= 0.6 is 0 Å². The van der Waals surface area contributed by atoms with Gasteiger partial charge in [0.05, 0.1) is 19.3 Å². The van der Waals surface area contributed by atoms with Gasteiger partial charge in [0.1, 0.15) is 31.9 Å². The molecule has 3 N–H and O–H groups in total. The second kappa shape index (κ2) is 10.2. The molecule has 0 bridgehead atoms. The predicted molar refractivity (Wildman–Crippen MR) is 118 cm³/mol. The predicted octanol–water partition coefficient (Wildman–Crippen LogP) is 0.827. The summed E-state index contributed by atoms with van der Waals surface area (Å²) in [7, 11) is 1.63. The number of rotatable bonds is 7. The van der Waals surface area contributed by atoms with Crippen molar-refractivity contribution in [1.82, 2.24) is 0 Å². The lowest BCUT2D eigenvalue weighted by atomic mass is 10.1. The standard InChI is InChI=1S/C24H31N3O2/c1-19-11-12-23(29-3)22(18-19)25-24(28)20(2)27-16-14-26(15-17-27)13-7-10-21-8-5-4-6-9-21/h4-12,18,20H,13-17H2,1-3H3,(H,25,28)/p+2/b10-7+/t20-/m1/s1. The van der Waals surface area contributed by atoms with Gasteiger partial charge in [-0.15, -0.1) is 0 Å². The molecule has 5 heteroatoms. The van der Waals surface area contributed by atoms with E-state index in [9.17, 15) is 4.79 Å². The number of methoxy groups -OCH3 is 1. The molecular weight excluding hydrogens is 362 g/mol. The van der Waals surface area contributed by atoms with Crippen molar-refractivity contribution in [1.29, 1.82) is 0 Å². The maximum Gasteiger partial charge on any atom is 0.282 e. The lowest BCUT2D eigenvalue weighted by Crippen LogP contribution is -3.29. The van der Waals surface area contributed by atoms with Gasteiger partial charge in [-0.25, -0.2) is 0 Å². The molecule has 3 rings (SSSR count). The van der Waals surface area contributed by atoms with Crippen LogP contribution in [0.2, 0.25) is 0 Å². The number of ether oxygens (including phenoxy) is 1. The summed E-state index contributed by atoms with van der Waals surface area (Å²) in [6.45, 7) is 9.25. The monoisotopic (exact) mass is 395 g/mol. The molecule has 2 aromatic carbocycles. The molecule has 0 spiro atoms. The van der Waals surface area contributed by atoms with Gasteiger partial charge in [-0.3, -0.25) is 4.79 Å². The third-order valence-corrected chi connectivity index (χ3v) is 5.73. The third kappa shape index (κ3) is 5.92. The van der Waals surface area contributed by atoms with Crippen molar-refractivity contribution in [3.8, 4) is 5.75 Å². The van der Waals surface area contributed by atoms with Crippen LogP contribution < -0.4 is 19.9 Å². The van der Waals surface area contributed by atoms with E-state index < -0.39 is 0 Å². The van der Waals surface area contributed by atoms with Crippen LogP contribution in [0.25, 0.3) is 6.08 Å². The number of hydrogen-bond acceptors (Lipinski definition) is 2. The van der Waals surface area contributed by atoms with E-state index in [4.69, 9.17) is 4.74 Å². The Hall–Kier alpha value is -2.63. The smallest absolute Gasteiger partial charge is 0.282 e. The summed E-state index contributed by atoms with van der Waals surface area (Å²) < 4.78 is 5.38. The van der Waals surface area contributed by atoms with Crippen molar-refractivity contribution < 1.29 is 19.3 Å². The van der Waals surface area contributed by atoms with E-state index in [0.29, 0.717) is 5.75 Å². The van der Waals surface area contributed by atoms with Crippen LogP contribution in [0.5, 0.6) is 5.75 Å². The maximum atomic E-state index is 12.8. The van der Waals surface area contributed by atoms with Crippen molar-refractivity contribution in [2.45, 2.75) is 19.9 Å². The molecule has 29 heavy (non-hydrogen) atoms. The van der Waals surface area contributed by atoms with E-state index in [1.165, 1.54) is 10.5 Å². The van der Waals surface area contributed by atoms with Crippen LogP contribution in [0.15, 0.2) is 54.6 Å². The molecule has 0 aromatic heterocycles. The maximum absolute atomic E-state index is 12.8. The first-order valence-electron chi connectivity index (χ1n) is 10.4. The second-order valence-corrected chi connectivity index (χ2v) is 7.84. The number of piperazine rings is 1. The van der Waals surface area contributed by atoms with Crippen LogP contribution in [0.3, 0.4) is 0 Å². The minimum Gasteiger partial charge on any atom is -0.495 e. The Morgan fingerprint density at radius 2 is 1.86 bits per heavy atom. The van der Waals surface area contributed by atoms with Crippen molar-refractivity contribution >= 4 is 17.7 Å². The highest BCUT2D eigenvalue weighted by Crippen LogP contribution is 2.25. The van der Waals surface area contributed by atoms with E-state index in [1.807, 2.05) is 38.1 Å². The number of carbonyl (C=O) groups is 1. The summed E-state index contributed by atoms with van der Waals surface area (Å²) >= 11 is 0. The number of amides is 1. The summed E-state index contributed by atoms with van der Waals surface area (Å²) in [5.41, 5.74) is 3.09. The largest absolute Gasteiger partial charge is 0.495 e. The molecule has 1 aliphatic rings. The Balaban J connectivity index is 1.48. The fourth-order valence-electron chi connectivity index (χ4n) is 3.83. The molecule has 0 radical (unpaired) electrons. The fourth-order valence-corrected chi connectivity index (χ4v) is 3.83. The van der Waals surface area contributed by atoms with Crippen molar-refractivity contribution in [2.24, 2.45) is 0 Å². The van der Waals surface area contributed by atoms with Crippen molar-refractivity contribution in [3.63, 3.8) is 0 Å². The van der Waals surface area contributed by atoms with Gasteiger partial charge in [0.2, 0.25) is 0 Å². The molecule has 1 heterocycles. The van der Waals surface area contributed by atoms with E-state index >= 15 is 0 Å². The van der Waals surface area contributed by atoms with Gasteiger partial charge in [0, 0.05) is 0 Å². The Morgan fingerprint density at radius 3 is 2.55 bits per heavy atom. The highest BCUT2D eigenvalue weighted by molar-refractivity contribution is 5.95. The lowest BCUT2D eigenvalue weighted by Gasteiger charge is -2.32. The number of nitrogens with one attached hydrogen (secondary N) is 3. The molecule has 1 amide bonds. The topological polar surface area (TPSA) is 47.2 Å². The Bertz CT molecular complexity index is 827. The van der Waals surface area contributed by atoms with Crippen molar-refractivity contribution in [2.75, 3.05) is 45.2 Å². The van der Waals surface area contributed by atoms with E-state index in [2.05, 4.69) is 41.7 Å².